The average Bonchev–Trinajstić information content (AvgIpc) is 2.70. The predicted molar refractivity (Wildman–Crippen MR) is 103 cm³/mol. The van der Waals surface area contributed by atoms with Crippen molar-refractivity contribution < 1.29 is 13.2 Å². The second-order valence-corrected chi connectivity index (χ2v) is 6.72. The lowest BCUT2D eigenvalue weighted by atomic mass is 10.1. The summed E-state index contributed by atoms with van der Waals surface area (Å²) in [5, 5.41) is 6.67. The number of rotatable bonds is 2. The number of aliphatic imine (C=N–C) groups is 1. The number of alkyl halides is 3. The smallest absolute Gasteiger partial charge is 0.383 e. The summed E-state index contributed by atoms with van der Waals surface area (Å²) in [6.45, 7) is 1.23. The molecular formula is C21H24F3N3. The molecule has 2 aromatic carbocycles. The number of fused-ring (bicyclic) bond motifs is 1. The number of nitrogens with one attached hydrogen (secondary N) is 2. The molecule has 0 atom stereocenters. The first-order valence-electron chi connectivity index (χ1n) is 9.33. The summed E-state index contributed by atoms with van der Waals surface area (Å²) in [4.78, 5) is 4.75. The van der Waals surface area contributed by atoms with Gasteiger partial charge in [0.15, 0.2) is 0 Å². The molecule has 27 heavy (non-hydrogen) atoms. The molecule has 0 aliphatic carbocycles. The quantitative estimate of drug-likeness (QED) is 0.685. The lowest BCUT2D eigenvalue weighted by molar-refractivity contribution is -0.137. The van der Waals surface area contributed by atoms with Gasteiger partial charge in [0.25, 0.3) is 0 Å². The summed E-state index contributed by atoms with van der Waals surface area (Å²) in [6.07, 6.45) is 0.844. The largest absolute Gasteiger partial charge is 0.416 e. The normalized spacial score (nSPS) is 17.7. The minimum Gasteiger partial charge on any atom is -0.383 e. The SMILES string of the molecule is FC(F)(F)c1cccc(CN/C2=N/c3ccccc3NCCCCCC2)c1. The fraction of sp³-hybridized carbons (Fsp3) is 0.381. The molecule has 6 heteroatoms. The third kappa shape index (κ3) is 5.74. The van der Waals surface area contributed by atoms with Crippen LogP contribution in [-0.4, -0.2) is 12.4 Å². The molecule has 144 valence electrons. The zero-order valence-corrected chi connectivity index (χ0v) is 15.1. The maximum atomic E-state index is 12.9. The lowest BCUT2D eigenvalue weighted by Gasteiger charge is -2.13. The maximum absolute atomic E-state index is 12.9. The summed E-state index contributed by atoms with van der Waals surface area (Å²) in [7, 11) is 0. The van der Waals surface area contributed by atoms with E-state index in [1.54, 1.807) is 6.07 Å². The second-order valence-electron chi connectivity index (χ2n) is 6.72. The summed E-state index contributed by atoms with van der Waals surface area (Å²) in [5.41, 5.74) is 1.80. The van der Waals surface area contributed by atoms with Crippen LogP contribution < -0.4 is 10.6 Å². The first-order valence-corrected chi connectivity index (χ1v) is 9.33. The molecule has 0 aromatic heterocycles. The number of anilines is 1. The molecule has 3 nitrogen and oxygen atoms in total. The van der Waals surface area contributed by atoms with Crippen molar-refractivity contribution in [1.29, 1.82) is 0 Å². The summed E-state index contributed by atoms with van der Waals surface area (Å²) in [6, 6.07) is 13.3. The molecule has 1 heterocycles. The Balaban J connectivity index is 1.77. The highest BCUT2D eigenvalue weighted by Crippen LogP contribution is 2.29. The second kappa shape index (κ2) is 8.93. The minimum atomic E-state index is -4.33. The van der Waals surface area contributed by atoms with E-state index >= 15 is 0 Å². The van der Waals surface area contributed by atoms with Crippen LogP contribution in [0.1, 0.15) is 43.2 Å². The van der Waals surface area contributed by atoms with E-state index in [0.717, 1.165) is 61.9 Å². The van der Waals surface area contributed by atoms with Gasteiger partial charge >= 0.3 is 6.18 Å². The molecule has 3 rings (SSSR count). The van der Waals surface area contributed by atoms with Gasteiger partial charge in [-0.2, -0.15) is 13.2 Å². The Morgan fingerprint density at radius 1 is 0.963 bits per heavy atom. The number of nitrogens with zero attached hydrogens (tertiary/aromatic N) is 1. The van der Waals surface area contributed by atoms with Crippen LogP contribution in [0.2, 0.25) is 0 Å². The topological polar surface area (TPSA) is 36.4 Å². The highest BCUT2D eigenvalue weighted by Gasteiger charge is 2.30. The van der Waals surface area contributed by atoms with E-state index in [-0.39, 0.29) is 0 Å². The van der Waals surface area contributed by atoms with E-state index in [4.69, 9.17) is 4.99 Å². The molecule has 2 aromatic rings. The number of hydrogen-bond donors (Lipinski definition) is 2. The number of halogens is 3. The Morgan fingerprint density at radius 3 is 2.63 bits per heavy atom. The Morgan fingerprint density at radius 2 is 1.78 bits per heavy atom. The van der Waals surface area contributed by atoms with Gasteiger partial charge in [-0.1, -0.05) is 37.1 Å². The fourth-order valence-corrected chi connectivity index (χ4v) is 3.11. The van der Waals surface area contributed by atoms with Gasteiger partial charge in [-0.25, -0.2) is 4.99 Å². The van der Waals surface area contributed by atoms with E-state index in [2.05, 4.69) is 10.6 Å². The molecular weight excluding hydrogens is 351 g/mol. The highest BCUT2D eigenvalue weighted by atomic mass is 19.4. The van der Waals surface area contributed by atoms with Crippen LogP contribution in [0.3, 0.4) is 0 Å². The van der Waals surface area contributed by atoms with Gasteiger partial charge in [0.05, 0.1) is 16.9 Å². The van der Waals surface area contributed by atoms with Gasteiger partial charge < -0.3 is 10.6 Å². The zero-order valence-electron chi connectivity index (χ0n) is 15.1. The van der Waals surface area contributed by atoms with E-state index in [9.17, 15) is 13.2 Å². The summed E-state index contributed by atoms with van der Waals surface area (Å²) in [5.74, 6) is 0.809. The first-order chi connectivity index (χ1) is 13.0. The standard InChI is InChI=1S/C21H24F3N3/c22-21(23,24)17-9-7-8-16(14-17)15-26-20-12-3-1-2-6-13-25-18-10-4-5-11-19(18)27-20/h4-5,7-11,14,25H,1-3,6,12-13,15H2,(H,26,27). The molecule has 0 radical (unpaired) electrons. The van der Waals surface area contributed by atoms with Crippen molar-refractivity contribution in [3.63, 3.8) is 0 Å². The molecule has 0 bridgehead atoms. The lowest BCUT2D eigenvalue weighted by Crippen LogP contribution is -2.23. The van der Waals surface area contributed by atoms with Crippen LogP contribution in [0.15, 0.2) is 53.5 Å². The molecule has 2 N–H and O–H groups in total. The number of amidine groups is 1. The van der Waals surface area contributed by atoms with E-state index in [1.807, 2.05) is 24.3 Å². The number of hydrogen-bond acceptors (Lipinski definition) is 3. The monoisotopic (exact) mass is 375 g/mol. The van der Waals surface area contributed by atoms with E-state index in [0.29, 0.717) is 12.1 Å². The van der Waals surface area contributed by atoms with Crippen LogP contribution in [0.5, 0.6) is 0 Å². The first kappa shape index (κ1) is 19.3. The minimum absolute atomic E-state index is 0.318. The van der Waals surface area contributed by atoms with Crippen molar-refractivity contribution in [3.8, 4) is 0 Å². The fourth-order valence-electron chi connectivity index (χ4n) is 3.11. The Kier molecular flexibility index (Phi) is 6.37. The third-order valence-electron chi connectivity index (χ3n) is 4.57. The van der Waals surface area contributed by atoms with E-state index in [1.165, 1.54) is 12.1 Å². The molecule has 1 aliphatic heterocycles. The molecule has 0 saturated carbocycles. The van der Waals surface area contributed by atoms with Crippen LogP contribution in [0.4, 0.5) is 24.5 Å². The van der Waals surface area contributed by atoms with Crippen molar-refractivity contribution >= 4 is 17.2 Å². The van der Waals surface area contributed by atoms with Crippen molar-refractivity contribution in [2.24, 2.45) is 4.99 Å². The van der Waals surface area contributed by atoms with Crippen LogP contribution in [0.25, 0.3) is 0 Å². The average molecular weight is 375 g/mol. The maximum Gasteiger partial charge on any atom is 0.416 e. The summed E-state index contributed by atoms with van der Waals surface area (Å²) < 4.78 is 38.7. The van der Waals surface area contributed by atoms with Gasteiger partial charge in [-0.3, -0.25) is 0 Å². The van der Waals surface area contributed by atoms with Crippen molar-refractivity contribution in [1.82, 2.24) is 5.32 Å². The Bertz CT molecular complexity index is 784. The molecule has 1 aliphatic rings. The van der Waals surface area contributed by atoms with Crippen molar-refractivity contribution in [2.45, 2.75) is 44.8 Å². The van der Waals surface area contributed by atoms with Gasteiger partial charge in [-0.05, 0) is 42.7 Å². The predicted octanol–water partition coefficient (Wildman–Crippen LogP) is 5.90. The van der Waals surface area contributed by atoms with Gasteiger partial charge in [-0.15, -0.1) is 0 Å². The molecule has 0 fully saturated rings. The van der Waals surface area contributed by atoms with Gasteiger partial charge in [0, 0.05) is 19.5 Å². The van der Waals surface area contributed by atoms with Crippen molar-refractivity contribution in [2.75, 3.05) is 11.9 Å². The van der Waals surface area contributed by atoms with Crippen LogP contribution >= 0.6 is 0 Å². The Hall–Kier alpha value is -2.50. The van der Waals surface area contributed by atoms with Gasteiger partial charge in [0.2, 0.25) is 0 Å². The van der Waals surface area contributed by atoms with Gasteiger partial charge in [0.1, 0.15) is 5.84 Å². The third-order valence-corrected chi connectivity index (χ3v) is 4.57. The molecule has 0 unspecified atom stereocenters. The Labute approximate surface area is 157 Å². The number of para-hydroxylation sites is 2. The molecule has 0 saturated heterocycles. The highest BCUT2D eigenvalue weighted by molar-refractivity contribution is 5.86. The summed E-state index contributed by atoms with van der Waals surface area (Å²) >= 11 is 0. The van der Waals surface area contributed by atoms with Crippen molar-refractivity contribution in [3.05, 3.63) is 59.7 Å². The van der Waals surface area contributed by atoms with E-state index < -0.39 is 11.7 Å². The number of benzene rings is 2. The van der Waals surface area contributed by atoms with Crippen LogP contribution in [-0.2, 0) is 12.7 Å². The molecule has 0 amide bonds. The zero-order chi connectivity index (χ0) is 19.1. The molecule has 0 spiro atoms. The van der Waals surface area contributed by atoms with Crippen LogP contribution in [0, 0.1) is 0 Å².